The minimum absolute atomic E-state index is 0.0152. The van der Waals surface area contributed by atoms with Gasteiger partial charge in [-0.25, -0.2) is 4.79 Å². The second-order valence-electron chi connectivity index (χ2n) is 15.6. The summed E-state index contributed by atoms with van der Waals surface area (Å²) < 4.78 is 12.6. The molecule has 0 aromatic heterocycles. The zero-order valence-corrected chi connectivity index (χ0v) is 27.9. The molecule has 0 aromatic carbocycles. The molecule has 1 heterocycles. The maximum Gasteiger partial charge on any atom is 0.339 e. The fourth-order valence-corrected chi connectivity index (χ4v) is 10.1. The summed E-state index contributed by atoms with van der Waals surface area (Å²) in [7, 11) is 0. The minimum atomic E-state index is -1.35. The van der Waals surface area contributed by atoms with E-state index >= 15 is 0 Å². The molecule has 0 bridgehead atoms. The van der Waals surface area contributed by atoms with Crippen LogP contribution in [-0.4, -0.2) is 57.8 Å². The number of aliphatic hydroxyl groups is 2. The third kappa shape index (κ3) is 6.03. The van der Waals surface area contributed by atoms with Crippen LogP contribution >= 0.6 is 0 Å². The Hall–Kier alpha value is -1.96. The molecule has 242 valence electrons. The minimum Gasteiger partial charge on any atom is -0.481 e. The Balaban J connectivity index is 1.77. The third-order valence-corrected chi connectivity index (χ3v) is 12.2. The van der Waals surface area contributed by atoms with Gasteiger partial charge < -0.3 is 24.8 Å². The Morgan fingerprint density at radius 3 is 2.44 bits per heavy atom. The van der Waals surface area contributed by atoms with Crippen molar-refractivity contribution in [2.24, 2.45) is 39.9 Å². The van der Waals surface area contributed by atoms with Gasteiger partial charge in [-0.2, -0.15) is 0 Å². The van der Waals surface area contributed by atoms with E-state index in [0.717, 1.165) is 32.3 Å². The van der Waals surface area contributed by atoms with Crippen molar-refractivity contribution in [3.05, 3.63) is 34.9 Å². The molecule has 7 heteroatoms. The van der Waals surface area contributed by atoms with Crippen LogP contribution in [0, 0.1) is 39.9 Å². The summed E-state index contributed by atoms with van der Waals surface area (Å²) >= 11 is 0. The number of carbonyl (C=O) groups is 2. The lowest BCUT2D eigenvalue weighted by molar-refractivity contribution is -0.212. The first-order valence-corrected chi connectivity index (χ1v) is 16.3. The molecule has 10 atom stereocenters. The standard InChI is InChI=1S/C36H56O7/c1-10-22(4)31(39)32(40)43-29-19-28(33(5,6)41)35(8,16-14-30(37)38)27-13-15-34(7)25(11-12-26(34)36(27,29)9)23-18-24(42-20-23)17-21(2)3/h10,12,17,23-25,27-29,31,39,41H,11,13-16,18-20H2,1-9H3,(H,37,38)/b22-10+/t23-,24-,25+,27-,28?,29-,31-,34+,35-,36+/m1/s1. The van der Waals surface area contributed by atoms with Gasteiger partial charge in [0, 0.05) is 11.8 Å². The van der Waals surface area contributed by atoms with Crippen LogP contribution in [0.5, 0.6) is 0 Å². The van der Waals surface area contributed by atoms with E-state index in [1.807, 2.05) is 0 Å². The van der Waals surface area contributed by atoms with Gasteiger partial charge in [0.05, 0.1) is 18.3 Å². The number of aliphatic carboxylic acids is 1. The SMILES string of the molecule is C/C=C(\C)[C@@H](O)C(=O)O[C@@H]1CC(C(C)(C)O)[C@](C)(CCC(=O)O)[C@H]2CC[C@]3(C)C(=CC[C@H]3[C@H]3CO[C@H](C=C(C)C)C3)[C@]12C. The van der Waals surface area contributed by atoms with E-state index in [0.29, 0.717) is 30.3 Å². The fourth-order valence-electron chi connectivity index (χ4n) is 10.1. The number of hydrogen-bond acceptors (Lipinski definition) is 6. The van der Waals surface area contributed by atoms with Crippen LogP contribution in [0.2, 0.25) is 0 Å². The molecule has 0 spiro atoms. The summed E-state index contributed by atoms with van der Waals surface area (Å²) in [6.07, 6.45) is 9.14. The summed E-state index contributed by atoms with van der Waals surface area (Å²) in [5, 5.41) is 32.1. The second kappa shape index (κ2) is 12.1. The largest absolute Gasteiger partial charge is 0.481 e. The van der Waals surface area contributed by atoms with E-state index in [2.05, 4.69) is 46.8 Å². The zero-order valence-electron chi connectivity index (χ0n) is 27.9. The topological polar surface area (TPSA) is 113 Å². The molecule has 1 unspecified atom stereocenters. The molecule has 0 radical (unpaired) electrons. The molecule has 4 rings (SSSR count). The van der Waals surface area contributed by atoms with Gasteiger partial charge in [0.2, 0.25) is 0 Å². The molecule has 0 aromatic rings. The van der Waals surface area contributed by atoms with Crippen LogP contribution in [0.3, 0.4) is 0 Å². The summed E-state index contributed by atoms with van der Waals surface area (Å²) in [4.78, 5) is 25.3. The van der Waals surface area contributed by atoms with Crippen molar-refractivity contribution in [1.29, 1.82) is 0 Å². The number of hydrogen-bond donors (Lipinski definition) is 3. The molecule has 1 saturated heterocycles. The monoisotopic (exact) mass is 600 g/mol. The first-order chi connectivity index (χ1) is 19.9. The van der Waals surface area contributed by atoms with Gasteiger partial charge >= 0.3 is 11.9 Å². The number of carboxylic acid groups (broad SMARTS) is 1. The molecular formula is C36H56O7. The van der Waals surface area contributed by atoms with E-state index in [1.54, 1.807) is 33.8 Å². The maximum absolute atomic E-state index is 13.4. The molecule has 7 nitrogen and oxygen atoms in total. The molecule has 1 aliphatic heterocycles. The average molecular weight is 601 g/mol. The van der Waals surface area contributed by atoms with Gasteiger partial charge in [-0.3, -0.25) is 4.79 Å². The second-order valence-corrected chi connectivity index (χ2v) is 15.6. The van der Waals surface area contributed by atoms with Crippen molar-refractivity contribution in [3.63, 3.8) is 0 Å². The fraction of sp³-hybridized carbons (Fsp3) is 0.778. The van der Waals surface area contributed by atoms with E-state index in [4.69, 9.17) is 9.47 Å². The predicted octanol–water partition coefficient (Wildman–Crippen LogP) is 6.63. The number of carbonyl (C=O) groups excluding carboxylic acids is 1. The Morgan fingerprint density at radius 2 is 1.86 bits per heavy atom. The number of allylic oxidation sites excluding steroid dienone is 3. The Labute approximate surface area is 258 Å². The lowest BCUT2D eigenvalue weighted by atomic mass is 9.39. The number of aliphatic hydroxyl groups excluding tert-OH is 1. The molecule has 2 saturated carbocycles. The highest BCUT2D eigenvalue weighted by atomic mass is 16.6. The van der Waals surface area contributed by atoms with Gasteiger partial charge in [0.1, 0.15) is 6.10 Å². The molecule has 3 fully saturated rings. The number of ether oxygens (including phenoxy) is 2. The Bertz CT molecular complexity index is 1170. The van der Waals surface area contributed by atoms with Crippen LogP contribution in [0.15, 0.2) is 34.9 Å². The Kier molecular flexibility index (Phi) is 9.54. The quantitative estimate of drug-likeness (QED) is 0.201. The van der Waals surface area contributed by atoms with Crippen molar-refractivity contribution in [3.8, 4) is 0 Å². The lowest BCUT2D eigenvalue weighted by Crippen LogP contribution is -2.64. The van der Waals surface area contributed by atoms with Gasteiger partial charge in [0.25, 0.3) is 0 Å². The molecular weight excluding hydrogens is 544 g/mol. The highest BCUT2D eigenvalue weighted by molar-refractivity contribution is 5.78. The van der Waals surface area contributed by atoms with Crippen LogP contribution in [0.1, 0.15) is 107 Å². The van der Waals surface area contributed by atoms with E-state index in [1.165, 1.54) is 11.1 Å². The smallest absolute Gasteiger partial charge is 0.339 e. The lowest BCUT2D eigenvalue weighted by Gasteiger charge is -2.66. The number of rotatable bonds is 9. The van der Waals surface area contributed by atoms with Crippen LogP contribution in [0.25, 0.3) is 0 Å². The summed E-state index contributed by atoms with van der Waals surface area (Å²) in [6, 6.07) is 0. The first-order valence-electron chi connectivity index (χ1n) is 16.3. The van der Waals surface area contributed by atoms with E-state index in [9.17, 15) is 24.9 Å². The van der Waals surface area contributed by atoms with Gasteiger partial charge in [-0.1, -0.05) is 50.1 Å². The van der Waals surface area contributed by atoms with Crippen molar-refractivity contribution in [2.45, 2.75) is 131 Å². The molecule has 4 aliphatic rings. The Morgan fingerprint density at radius 1 is 1.19 bits per heavy atom. The maximum atomic E-state index is 13.4. The van der Waals surface area contributed by atoms with Crippen molar-refractivity contribution in [1.82, 2.24) is 0 Å². The van der Waals surface area contributed by atoms with Crippen molar-refractivity contribution >= 4 is 11.9 Å². The van der Waals surface area contributed by atoms with Gasteiger partial charge in [0.15, 0.2) is 6.10 Å². The number of carboxylic acids is 1. The third-order valence-electron chi connectivity index (χ3n) is 12.2. The summed E-state index contributed by atoms with van der Waals surface area (Å²) in [6.45, 7) is 18.8. The van der Waals surface area contributed by atoms with Crippen LogP contribution in [-0.2, 0) is 19.1 Å². The zero-order chi connectivity index (χ0) is 32.1. The van der Waals surface area contributed by atoms with E-state index in [-0.39, 0.29) is 29.8 Å². The van der Waals surface area contributed by atoms with E-state index < -0.39 is 40.6 Å². The predicted molar refractivity (Wildman–Crippen MR) is 167 cm³/mol. The average Bonchev–Trinajstić information content (AvgIpc) is 3.51. The van der Waals surface area contributed by atoms with Gasteiger partial charge in [-0.15, -0.1) is 0 Å². The van der Waals surface area contributed by atoms with Crippen molar-refractivity contribution in [2.75, 3.05) is 6.61 Å². The number of fused-ring (bicyclic) bond motifs is 3. The molecule has 3 aliphatic carbocycles. The number of esters is 1. The van der Waals surface area contributed by atoms with Crippen LogP contribution < -0.4 is 0 Å². The van der Waals surface area contributed by atoms with Gasteiger partial charge in [-0.05, 0) is 120 Å². The molecule has 0 amide bonds. The molecule has 3 N–H and O–H groups in total. The van der Waals surface area contributed by atoms with Crippen LogP contribution in [0.4, 0.5) is 0 Å². The van der Waals surface area contributed by atoms with Crippen molar-refractivity contribution < 1.29 is 34.4 Å². The molecule has 43 heavy (non-hydrogen) atoms. The highest BCUT2D eigenvalue weighted by Gasteiger charge is 2.68. The highest BCUT2D eigenvalue weighted by Crippen LogP contribution is 2.72. The summed E-state index contributed by atoms with van der Waals surface area (Å²) in [5.74, 6) is -1.00. The first kappa shape index (κ1) is 33.9. The normalized spacial score (nSPS) is 40.3. The summed E-state index contributed by atoms with van der Waals surface area (Å²) in [5.41, 5.74) is 0.792.